The number of pyridine rings is 2. The van der Waals surface area contributed by atoms with E-state index in [1.807, 2.05) is 25.1 Å². The molecule has 0 aliphatic carbocycles. The van der Waals surface area contributed by atoms with Crippen molar-refractivity contribution in [3.8, 4) is 11.1 Å². The second kappa shape index (κ2) is 8.86. The Morgan fingerprint density at radius 1 is 1.23 bits per heavy atom. The van der Waals surface area contributed by atoms with Crippen molar-refractivity contribution in [2.75, 3.05) is 26.7 Å². The number of aromatic nitrogens is 4. The van der Waals surface area contributed by atoms with E-state index < -0.39 is 0 Å². The first kappa shape index (κ1) is 21.0. The molecular formula is C21H22N6O3S. The third kappa shape index (κ3) is 4.44. The van der Waals surface area contributed by atoms with Crippen molar-refractivity contribution in [2.24, 2.45) is 0 Å². The molecule has 3 aromatic heterocycles. The van der Waals surface area contributed by atoms with Gasteiger partial charge in [0.15, 0.2) is 0 Å². The molecule has 0 saturated carbocycles. The van der Waals surface area contributed by atoms with Crippen LogP contribution in [-0.4, -0.2) is 63.0 Å². The fourth-order valence-corrected chi connectivity index (χ4v) is 4.06. The maximum absolute atomic E-state index is 12.9. The molecule has 160 valence electrons. The number of rotatable bonds is 4. The Balaban J connectivity index is 1.57. The Kier molecular flexibility index (Phi) is 6.01. The number of morpholine rings is 1. The van der Waals surface area contributed by atoms with Crippen LogP contribution in [-0.2, 0) is 4.74 Å². The predicted octanol–water partition coefficient (Wildman–Crippen LogP) is 2.19. The minimum Gasteiger partial charge on any atom is -0.368 e. The number of hydrogen-bond acceptors (Lipinski definition) is 8. The standard InChI is InChI=1S/C21H22N6O3S/c1-12-8-15(14-4-5-16(23-10-14)20(28)22-3)9-17(24-12)18-11-27(6-7-30-18)21(29)19-13(2)25-26-31-19/h4-5,8-10,18H,6-7,11H2,1-3H3,(H,22,28). The average molecular weight is 439 g/mol. The minimum atomic E-state index is -0.337. The largest absolute Gasteiger partial charge is 0.368 e. The number of aryl methyl sites for hydroxylation is 2. The van der Waals surface area contributed by atoms with Gasteiger partial charge in [-0.25, -0.2) is 0 Å². The molecule has 1 fully saturated rings. The van der Waals surface area contributed by atoms with Gasteiger partial charge in [0, 0.05) is 31.0 Å². The molecule has 1 unspecified atom stereocenters. The minimum absolute atomic E-state index is 0.0809. The smallest absolute Gasteiger partial charge is 0.269 e. The van der Waals surface area contributed by atoms with Crippen LogP contribution in [0.4, 0.5) is 0 Å². The first-order chi connectivity index (χ1) is 15.0. The second-order valence-electron chi connectivity index (χ2n) is 7.23. The molecule has 9 nitrogen and oxygen atoms in total. The molecule has 0 radical (unpaired) electrons. The highest BCUT2D eigenvalue weighted by Gasteiger charge is 2.29. The maximum atomic E-state index is 12.9. The summed E-state index contributed by atoms with van der Waals surface area (Å²) in [6.45, 7) is 5.04. The van der Waals surface area contributed by atoms with Crippen LogP contribution < -0.4 is 5.32 Å². The van der Waals surface area contributed by atoms with Gasteiger partial charge in [0.25, 0.3) is 11.8 Å². The molecule has 0 aromatic carbocycles. The summed E-state index contributed by atoms with van der Waals surface area (Å²) in [5.41, 5.74) is 4.37. The lowest BCUT2D eigenvalue weighted by Crippen LogP contribution is -2.42. The Morgan fingerprint density at radius 2 is 2.06 bits per heavy atom. The fourth-order valence-electron chi connectivity index (χ4n) is 3.44. The number of carbonyl (C=O) groups excluding carboxylic acids is 2. The lowest BCUT2D eigenvalue weighted by molar-refractivity contribution is -0.0246. The van der Waals surface area contributed by atoms with Gasteiger partial charge in [-0.1, -0.05) is 10.6 Å². The highest BCUT2D eigenvalue weighted by molar-refractivity contribution is 7.07. The summed E-state index contributed by atoms with van der Waals surface area (Å²) in [4.78, 5) is 35.8. The van der Waals surface area contributed by atoms with E-state index >= 15 is 0 Å². The number of nitrogens with zero attached hydrogens (tertiary/aromatic N) is 5. The maximum Gasteiger partial charge on any atom is 0.269 e. The molecule has 2 amide bonds. The van der Waals surface area contributed by atoms with Crippen molar-refractivity contribution in [1.29, 1.82) is 0 Å². The summed E-state index contributed by atoms with van der Waals surface area (Å²) in [6.07, 6.45) is 1.33. The number of hydrogen-bond donors (Lipinski definition) is 1. The Morgan fingerprint density at radius 3 is 2.74 bits per heavy atom. The molecule has 1 aliphatic rings. The number of ether oxygens (including phenoxy) is 1. The molecule has 4 rings (SSSR count). The van der Waals surface area contributed by atoms with Crippen LogP contribution in [0.2, 0.25) is 0 Å². The van der Waals surface area contributed by atoms with Crippen molar-refractivity contribution in [3.63, 3.8) is 0 Å². The Hall–Kier alpha value is -3.24. The van der Waals surface area contributed by atoms with E-state index in [0.29, 0.717) is 36.0 Å². The zero-order chi connectivity index (χ0) is 22.0. The van der Waals surface area contributed by atoms with Gasteiger partial charge < -0.3 is 15.0 Å². The summed E-state index contributed by atoms with van der Waals surface area (Å²) in [6, 6.07) is 7.44. The van der Waals surface area contributed by atoms with E-state index in [9.17, 15) is 9.59 Å². The van der Waals surface area contributed by atoms with Crippen molar-refractivity contribution < 1.29 is 14.3 Å². The van der Waals surface area contributed by atoms with Gasteiger partial charge in [0.1, 0.15) is 16.7 Å². The van der Waals surface area contributed by atoms with E-state index in [1.54, 1.807) is 31.1 Å². The molecule has 1 atom stereocenters. The third-order valence-electron chi connectivity index (χ3n) is 5.06. The SMILES string of the molecule is CNC(=O)c1ccc(-c2cc(C)nc(C3CN(C(=O)c4snnc4C)CCO3)c2)cn1. The zero-order valence-electron chi connectivity index (χ0n) is 17.5. The number of amides is 2. The monoisotopic (exact) mass is 438 g/mol. The topological polar surface area (TPSA) is 110 Å². The van der Waals surface area contributed by atoms with Crippen LogP contribution in [0.25, 0.3) is 11.1 Å². The average Bonchev–Trinajstić information content (AvgIpc) is 3.23. The highest BCUT2D eigenvalue weighted by atomic mass is 32.1. The fraction of sp³-hybridized carbons (Fsp3) is 0.333. The van der Waals surface area contributed by atoms with Gasteiger partial charge >= 0.3 is 0 Å². The summed E-state index contributed by atoms with van der Waals surface area (Å²) >= 11 is 1.11. The van der Waals surface area contributed by atoms with Gasteiger partial charge in [0.05, 0.1) is 24.5 Å². The van der Waals surface area contributed by atoms with Crippen molar-refractivity contribution in [3.05, 3.63) is 58.1 Å². The van der Waals surface area contributed by atoms with Gasteiger partial charge in [-0.2, -0.15) is 0 Å². The van der Waals surface area contributed by atoms with Gasteiger partial charge in [0.2, 0.25) is 0 Å². The predicted molar refractivity (Wildman–Crippen MR) is 115 cm³/mol. The van der Waals surface area contributed by atoms with Gasteiger partial charge in [-0.15, -0.1) is 5.10 Å². The van der Waals surface area contributed by atoms with Crippen LogP contribution in [0.5, 0.6) is 0 Å². The van der Waals surface area contributed by atoms with Gasteiger partial charge in [-0.05, 0) is 49.1 Å². The molecule has 0 spiro atoms. The molecule has 4 heterocycles. The normalized spacial score (nSPS) is 16.2. The zero-order valence-corrected chi connectivity index (χ0v) is 18.3. The Labute approximate surface area is 183 Å². The van der Waals surface area contributed by atoms with Crippen molar-refractivity contribution >= 4 is 23.3 Å². The third-order valence-corrected chi connectivity index (χ3v) is 5.87. The summed E-state index contributed by atoms with van der Waals surface area (Å²) in [7, 11) is 1.57. The second-order valence-corrected chi connectivity index (χ2v) is 7.99. The van der Waals surface area contributed by atoms with Crippen LogP contribution in [0.15, 0.2) is 30.5 Å². The van der Waals surface area contributed by atoms with Crippen molar-refractivity contribution in [1.82, 2.24) is 29.8 Å². The van der Waals surface area contributed by atoms with Crippen LogP contribution >= 0.6 is 11.5 Å². The molecule has 0 bridgehead atoms. The molecule has 1 N–H and O–H groups in total. The van der Waals surface area contributed by atoms with Crippen LogP contribution in [0.1, 0.15) is 43.3 Å². The molecule has 1 aliphatic heterocycles. The molecule has 1 saturated heterocycles. The summed E-state index contributed by atoms with van der Waals surface area (Å²) in [5.74, 6) is -0.312. The molecule has 3 aromatic rings. The van der Waals surface area contributed by atoms with E-state index in [-0.39, 0.29) is 17.9 Å². The van der Waals surface area contributed by atoms with E-state index in [0.717, 1.165) is 34.0 Å². The van der Waals surface area contributed by atoms with E-state index in [4.69, 9.17) is 4.74 Å². The summed E-state index contributed by atoms with van der Waals surface area (Å²) < 4.78 is 9.81. The quantitative estimate of drug-likeness (QED) is 0.665. The Bertz CT molecular complexity index is 1110. The lowest BCUT2D eigenvalue weighted by Gasteiger charge is -2.32. The van der Waals surface area contributed by atoms with Crippen LogP contribution in [0.3, 0.4) is 0 Å². The summed E-state index contributed by atoms with van der Waals surface area (Å²) in [5, 5.41) is 6.50. The lowest BCUT2D eigenvalue weighted by atomic mass is 10.0. The van der Waals surface area contributed by atoms with Crippen LogP contribution in [0, 0.1) is 13.8 Å². The van der Waals surface area contributed by atoms with Gasteiger partial charge in [-0.3, -0.25) is 19.6 Å². The van der Waals surface area contributed by atoms with E-state index in [2.05, 4.69) is 24.9 Å². The molecule has 10 heteroatoms. The van der Waals surface area contributed by atoms with Crippen molar-refractivity contribution in [2.45, 2.75) is 20.0 Å². The molecular weight excluding hydrogens is 416 g/mol. The first-order valence-electron chi connectivity index (χ1n) is 9.83. The highest BCUT2D eigenvalue weighted by Crippen LogP contribution is 2.28. The first-order valence-corrected chi connectivity index (χ1v) is 10.6. The number of nitrogens with one attached hydrogen (secondary N) is 1. The molecule has 31 heavy (non-hydrogen) atoms. The number of carbonyl (C=O) groups is 2. The van der Waals surface area contributed by atoms with E-state index in [1.165, 1.54) is 0 Å².